The average molecular weight is 260 g/mol. The van der Waals surface area contributed by atoms with Crippen molar-refractivity contribution in [2.45, 2.75) is 38.1 Å². The van der Waals surface area contributed by atoms with Gasteiger partial charge in [-0.1, -0.05) is 6.92 Å². The molecule has 2 rings (SSSR count). The van der Waals surface area contributed by atoms with Crippen molar-refractivity contribution >= 4 is 9.84 Å². The van der Waals surface area contributed by atoms with Crippen LogP contribution >= 0.6 is 0 Å². The fourth-order valence-electron chi connectivity index (χ4n) is 3.19. The summed E-state index contributed by atoms with van der Waals surface area (Å²) in [6.45, 7) is 5.03. The first-order valence-corrected chi connectivity index (χ1v) is 8.45. The molecule has 1 unspecified atom stereocenters. The SMILES string of the molecule is CC1CCCN(C2(CN)CCS(=O)(=O)CC2)C1. The van der Waals surface area contributed by atoms with Crippen LogP contribution in [0.1, 0.15) is 32.6 Å². The van der Waals surface area contributed by atoms with Gasteiger partial charge in [-0.15, -0.1) is 0 Å². The topological polar surface area (TPSA) is 63.4 Å². The molecule has 0 aromatic heterocycles. The number of piperidine rings is 1. The van der Waals surface area contributed by atoms with E-state index in [9.17, 15) is 8.42 Å². The predicted molar refractivity (Wildman–Crippen MR) is 69.6 cm³/mol. The van der Waals surface area contributed by atoms with E-state index in [1.54, 1.807) is 0 Å². The summed E-state index contributed by atoms with van der Waals surface area (Å²) in [6.07, 6.45) is 3.95. The first-order chi connectivity index (χ1) is 7.97. The van der Waals surface area contributed by atoms with Gasteiger partial charge in [0.05, 0.1) is 11.5 Å². The van der Waals surface area contributed by atoms with Crippen molar-refractivity contribution in [2.75, 3.05) is 31.1 Å². The number of nitrogens with two attached hydrogens (primary N) is 1. The number of hydrogen-bond acceptors (Lipinski definition) is 4. The summed E-state index contributed by atoms with van der Waals surface area (Å²) >= 11 is 0. The van der Waals surface area contributed by atoms with Crippen molar-refractivity contribution in [1.29, 1.82) is 0 Å². The highest BCUT2D eigenvalue weighted by Gasteiger charge is 2.41. The van der Waals surface area contributed by atoms with E-state index in [1.165, 1.54) is 12.8 Å². The van der Waals surface area contributed by atoms with Gasteiger partial charge in [-0.2, -0.15) is 0 Å². The highest BCUT2D eigenvalue weighted by atomic mass is 32.2. The Labute approximate surface area is 104 Å². The zero-order valence-electron chi connectivity index (χ0n) is 10.7. The standard InChI is InChI=1S/C12H24N2O2S/c1-11-3-2-6-14(9-11)12(10-13)4-7-17(15,16)8-5-12/h11H,2-10,13H2,1H3. The molecule has 2 aliphatic rings. The van der Waals surface area contributed by atoms with Crippen molar-refractivity contribution in [2.24, 2.45) is 11.7 Å². The first-order valence-electron chi connectivity index (χ1n) is 6.63. The second kappa shape index (κ2) is 4.86. The summed E-state index contributed by atoms with van der Waals surface area (Å²) in [5, 5.41) is 0. The molecule has 100 valence electrons. The molecule has 0 spiro atoms. The van der Waals surface area contributed by atoms with Gasteiger partial charge in [0, 0.05) is 18.6 Å². The number of sulfone groups is 1. The van der Waals surface area contributed by atoms with Gasteiger partial charge < -0.3 is 5.73 Å². The van der Waals surface area contributed by atoms with E-state index in [1.807, 2.05) is 0 Å². The number of likely N-dealkylation sites (tertiary alicyclic amines) is 1. The molecule has 1 atom stereocenters. The van der Waals surface area contributed by atoms with Gasteiger partial charge in [0.25, 0.3) is 0 Å². The molecule has 0 radical (unpaired) electrons. The van der Waals surface area contributed by atoms with Gasteiger partial charge >= 0.3 is 0 Å². The molecule has 0 bridgehead atoms. The zero-order chi connectivity index (χ0) is 12.5. The third-order valence-electron chi connectivity index (χ3n) is 4.46. The number of hydrogen-bond donors (Lipinski definition) is 1. The maximum Gasteiger partial charge on any atom is 0.150 e. The Hall–Kier alpha value is -0.130. The normalized spacial score (nSPS) is 33.4. The van der Waals surface area contributed by atoms with Crippen molar-refractivity contribution in [1.82, 2.24) is 4.90 Å². The summed E-state index contributed by atoms with van der Waals surface area (Å²) in [5.41, 5.74) is 5.92. The van der Waals surface area contributed by atoms with E-state index < -0.39 is 9.84 Å². The largest absolute Gasteiger partial charge is 0.329 e. The fraction of sp³-hybridized carbons (Fsp3) is 1.00. The summed E-state index contributed by atoms with van der Waals surface area (Å²) in [5.74, 6) is 1.34. The molecule has 17 heavy (non-hydrogen) atoms. The van der Waals surface area contributed by atoms with Crippen LogP contribution in [0.5, 0.6) is 0 Å². The summed E-state index contributed by atoms with van der Waals surface area (Å²) < 4.78 is 23.1. The molecule has 2 saturated heterocycles. The Balaban J connectivity index is 2.09. The third kappa shape index (κ3) is 2.83. The lowest BCUT2D eigenvalue weighted by Gasteiger charge is -2.48. The Morgan fingerprint density at radius 2 is 2.00 bits per heavy atom. The van der Waals surface area contributed by atoms with Crippen molar-refractivity contribution < 1.29 is 8.42 Å². The molecule has 0 saturated carbocycles. The Morgan fingerprint density at radius 3 is 2.53 bits per heavy atom. The van der Waals surface area contributed by atoms with Gasteiger partial charge in [0.1, 0.15) is 9.84 Å². The van der Waals surface area contributed by atoms with Crippen molar-refractivity contribution in [3.63, 3.8) is 0 Å². The minimum atomic E-state index is -2.80. The lowest BCUT2D eigenvalue weighted by molar-refractivity contribution is 0.0434. The van der Waals surface area contributed by atoms with E-state index in [-0.39, 0.29) is 5.54 Å². The van der Waals surface area contributed by atoms with E-state index in [4.69, 9.17) is 5.73 Å². The molecule has 0 aromatic rings. The van der Waals surface area contributed by atoms with Crippen molar-refractivity contribution in [3.8, 4) is 0 Å². The number of rotatable bonds is 2. The minimum absolute atomic E-state index is 0.0417. The maximum atomic E-state index is 11.5. The van der Waals surface area contributed by atoms with Crippen LogP contribution in [0.25, 0.3) is 0 Å². The summed E-state index contributed by atoms with van der Waals surface area (Å²) in [4.78, 5) is 2.47. The highest BCUT2D eigenvalue weighted by molar-refractivity contribution is 7.91. The smallest absolute Gasteiger partial charge is 0.150 e. The highest BCUT2D eigenvalue weighted by Crippen LogP contribution is 2.32. The molecule has 5 heteroatoms. The van der Waals surface area contributed by atoms with Crippen LogP contribution in [0.3, 0.4) is 0 Å². The van der Waals surface area contributed by atoms with E-state index in [0.29, 0.717) is 24.0 Å². The van der Waals surface area contributed by atoms with Gasteiger partial charge in [-0.25, -0.2) is 8.42 Å². The lowest BCUT2D eigenvalue weighted by atomic mass is 9.86. The van der Waals surface area contributed by atoms with Crippen LogP contribution in [0.2, 0.25) is 0 Å². The number of nitrogens with zero attached hydrogens (tertiary/aromatic N) is 1. The Morgan fingerprint density at radius 1 is 1.35 bits per heavy atom. The second-order valence-electron chi connectivity index (χ2n) is 5.77. The van der Waals surface area contributed by atoms with Gasteiger partial charge in [-0.05, 0) is 38.1 Å². The molecular weight excluding hydrogens is 236 g/mol. The molecule has 2 fully saturated rings. The van der Waals surface area contributed by atoms with Crippen LogP contribution in [0, 0.1) is 5.92 Å². The average Bonchev–Trinajstić information content (AvgIpc) is 2.30. The molecule has 4 nitrogen and oxygen atoms in total. The first kappa shape index (κ1) is 13.3. The summed E-state index contributed by atoms with van der Waals surface area (Å²) in [7, 11) is -2.80. The quantitative estimate of drug-likeness (QED) is 0.791. The van der Waals surface area contributed by atoms with Gasteiger partial charge in [0.2, 0.25) is 0 Å². The van der Waals surface area contributed by atoms with Crippen LogP contribution < -0.4 is 5.73 Å². The molecule has 0 amide bonds. The lowest BCUT2D eigenvalue weighted by Crippen LogP contribution is -2.60. The van der Waals surface area contributed by atoms with Crippen LogP contribution in [-0.4, -0.2) is 50.0 Å². The molecule has 2 N–H and O–H groups in total. The molecule has 0 aliphatic carbocycles. The van der Waals surface area contributed by atoms with E-state index in [2.05, 4.69) is 11.8 Å². The van der Waals surface area contributed by atoms with E-state index in [0.717, 1.165) is 25.9 Å². The van der Waals surface area contributed by atoms with Crippen LogP contribution in [0.15, 0.2) is 0 Å². The second-order valence-corrected chi connectivity index (χ2v) is 8.08. The fourth-order valence-corrected chi connectivity index (χ4v) is 4.77. The monoisotopic (exact) mass is 260 g/mol. The van der Waals surface area contributed by atoms with Gasteiger partial charge in [-0.3, -0.25) is 4.90 Å². The molecule has 2 heterocycles. The van der Waals surface area contributed by atoms with Crippen molar-refractivity contribution in [3.05, 3.63) is 0 Å². The molecular formula is C12H24N2O2S. The van der Waals surface area contributed by atoms with E-state index >= 15 is 0 Å². The third-order valence-corrected chi connectivity index (χ3v) is 6.12. The van der Waals surface area contributed by atoms with Gasteiger partial charge in [0.15, 0.2) is 0 Å². The van der Waals surface area contributed by atoms with Crippen LogP contribution in [-0.2, 0) is 9.84 Å². The Kier molecular flexibility index (Phi) is 3.80. The predicted octanol–water partition coefficient (Wildman–Crippen LogP) is 0.624. The Bertz CT molecular complexity index is 353. The minimum Gasteiger partial charge on any atom is -0.329 e. The molecule has 0 aromatic carbocycles. The zero-order valence-corrected chi connectivity index (χ0v) is 11.5. The van der Waals surface area contributed by atoms with Crippen LogP contribution in [0.4, 0.5) is 0 Å². The maximum absolute atomic E-state index is 11.5. The summed E-state index contributed by atoms with van der Waals surface area (Å²) in [6, 6.07) is 0. The molecule has 2 aliphatic heterocycles.